The van der Waals surface area contributed by atoms with E-state index < -0.39 is 23.4 Å². The number of piperidine rings is 1. The fourth-order valence-corrected chi connectivity index (χ4v) is 10.9. The van der Waals surface area contributed by atoms with Gasteiger partial charge in [-0.2, -0.15) is 5.10 Å². The molecule has 19 heteroatoms. The summed E-state index contributed by atoms with van der Waals surface area (Å²) in [5.41, 5.74) is 1.85. The lowest BCUT2D eigenvalue weighted by molar-refractivity contribution is -0.120. The molecular weight excluding hydrogens is 826 g/mol. The standard InChI is InChI=1S/C43H47F3N10O5S/c1-51(13-14-57)62-50-33-6-4-30(44)38(37(33)46)61-27-3-5-32-28(15-27)40(59)56(24-47-32)26-20-42(21-26)8-11-53(12-9-42)25-18-43(19-25)22-54(23-43)35-17-34-29(16-31(35)45)39(49-52(34)2)55-10-7-36(58)48-41(55)60/h3-6,15-17,24-26,50,57H,7-14,18-23H2,1-2H3,(H,48,58,60). The molecule has 0 radical (unpaired) electrons. The van der Waals surface area contributed by atoms with Crippen LogP contribution < -0.4 is 30.1 Å². The van der Waals surface area contributed by atoms with Crippen LogP contribution in [0.5, 0.6) is 11.5 Å². The zero-order valence-electron chi connectivity index (χ0n) is 34.4. The van der Waals surface area contributed by atoms with Gasteiger partial charge in [-0.3, -0.25) is 29.1 Å². The van der Waals surface area contributed by atoms with Crippen LogP contribution in [-0.4, -0.2) is 105 Å². The number of likely N-dealkylation sites (tertiary alicyclic amines) is 1. The maximum absolute atomic E-state index is 15.6. The fourth-order valence-electron chi connectivity index (χ4n) is 10.3. The number of urea groups is 1. The van der Waals surface area contributed by atoms with Crippen molar-refractivity contribution in [1.29, 1.82) is 0 Å². The van der Waals surface area contributed by atoms with Gasteiger partial charge in [0.15, 0.2) is 17.5 Å². The van der Waals surface area contributed by atoms with Crippen LogP contribution in [0.3, 0.4) is 0 Å². The highest BCUT2D eigenvalue weighted by molar-refractivity contribution is 7.98. The highest BCUT2D eigenvalue weighted by atomic mass is 32.2. The number of fused-ring (bicyclic) bond motifs is 2. The number of aryl methyl sites for hydroxylation is 1. The number of rotatable bonds is 11. The second-order valence-electron chi connectivity index (χ2n) is 17.8. The molecule has 3 amide bonds. The number of aliphatic hydroxyl groups excluding tert-OH is 1. The molecule has 5 aliphatic rings. The molecular formula is C43H47F3N10O5S. The zero-order valence-corrected chi connectivity index (χ0v) is 35.2. The minimum atomic E-state index is -0.924. The Morgan fingerprint density at radius 3 is 2.45 bits per heavy atom. The van der Waals surface area contributed by atoms with E-state index in [4.69, 9.17) is 9.84 Å². The Bertz CT molecular complexity index is 2670. The van der Waals surface area contributed by atoms with Crippen molar-refractivity contribution < 1.29 is 32.6 Å². The quantitative estimate of drug-likeness (QED) is 0.135. The largest absolute Gasteiger partial charge is 0.451 e. The van der Waals surface area contributed by atoms with E-state index in [0.29, 0.717) is 40.4 Å². The van der Waals surface area contributed by atoms with E-state index in [0.717, 1.165) is 88.4 Å². The topological polar surface area (TPSA) is 153 Å². The highest BCUT2D eigenvalue weighted by Gasteiger charge is 2.56. The first-order valence-corrected chi connectivity index (χ1v) is 21.8. The van der Waals surface area contributed by atoms with Gasteiger partial charge < -0.3 is 24.4 Å². The van der Waals surface area contributed by atoms with Crippen LogP contribution in [-0.2, 0) is 11.8 Å². The number of halogens is 3. The van der Waals surface area contributed by atoms with Crippen molar-refractivity contribution in [3.8, 4) is 11.5 Å². The van der Waals surface area contributed by atoms with Gasteiger partial charge >= 0.3 is 6.03 Å². The molecule has 0 unspecified atom stereocenters. The predicted octanol–water partition coefficient (Wildman–Crippen LogP) is 5.92. The molecule has 2 saturated carbocycles. The van der Waals surface area contributed by atoms with Gasteiger partial charge in [0, 0.05) is 74.7 Å². The lowest BCUT2D eigenvalue weighted by Gasteiger charge is -2.63. The molecule has 3 N–H and O–H groups in total. The number of imide groups is 1. The summed E-state index contributed by atoms with van der Waals surface area (Å²) in [4.78, 5) is 48.6. The maximum atomic E-state index is 15.6. The van der Waals surface area contributed by atoms with E-state index in [-0.39, 0.29) is 65.2 Å². The Kier molecular flexibility index (Phi) is 10.1. The average molecular weight is 873 g/mol. The summed E-state index contributed by atoms with van der Waals surface area (Å²) in [5, 5.41) is 16.8. The first-order chi connectivity index (χ1) is 29.8. The van der Waals surface area contributed by atoms with Crippen molar-refractivity contribution in [1.82, 2.24) is 33.9 Å². The molecule has 2 aliphatic carbocycles. The first-order valence-electron chi connectivity index (χ1n) is 21.0. The molecule has 2 spiro atoms. The maximum Gasteiger partial charge on any atom is 0.329 e. The minimum Gasteiger partial charge on any atom is -0.451 e. The van der Waals surface area contributed by atoms with E-state index in [2.05, 4.69) is 29.9 Å². The number of amides is 3. The van der Waals surface area contributed by atoms with Gasteiger partial charge in [0.1, 0.15) is 11.6 Å². The van der Waals surface area contributed by atoms with E-state index >= 15 is 8.78 Å². The second kappa shape index (κ2) is 15.5. The Labute approximate surface area is 359 Å². The van der Waals surface area contributed by atoms with Crippen molar-refractivity contribution in [2.24, 2.45) is 17.9 Å². The third kappa shape index (κ3) is 7.11. The number of carbonyl (C=O) groups is 2. The minimum absolute atomic E-state index is 0.00607. The third-order valence-corrected chi connectivity index (χ3v) is 14.6. The Balaban J connectivity index is 0.731. The summed E-state index contributed by atoms with van der Waals surface area (Å²) < 4.78 is 59.3. The van der Waals surface area contributed by atoms with Gasteiger partial charge in [0.25, 0.3) is 5.56 Å². The van der Waals surface area contributed by atoms with Crippen molar-refractivity contribution in [3.05, 3.63) is 76.6 Å². The van der Waals surface area contributed by atoms with Gasteiger partial charge in [0.05, 0.1) is 40.7 Å². The summed E-state index contributed by atoms with van der Waals surface area (Å²) in [5.74, 6) is -2.65. The number of nitrogens with one attached hydrogen (secondary N) is 2. The van der Waals surface area contributed by atoms with Crippen LogP contribution in [0.2, 0.25) is 0 Å². The van der Waals surface area contributed by atoms with Gasteiger partial charge in [-0.1, -0.05) is 0 Å². The van der Waals surface area contributed by atoms with Gasteiger partial charge in [-0.25, -0.2) is 27.3 Å². The van der Waals surface area contributed by atoms with E-state index in [1.165, 1.54) is 29.2 Å². The SMILES string of the molecule is CN(CCO)SNc1ccc(F)c(Oc2ccc3ncn(C4CC5(CCN(C6CC7(C6)CN(c6cc8c(cc6F)c(N6CCC(=O)NC6=O)nn8C)C7)CC5)C4)c(=O)c3c2)c1F. The summed E-state index contributed by atoms with van der Waals surface area (Å²) in [6.45, 7) is 4.04. The Hall–Kier alpha value is -5.37. The summed E-state index contributed by atoms with van der Waals surface area (Å²) >= 11 is 1.05. The predicted molar refractivity (Wildman–Crippen MR) is 229 cm³/mol. The number of aromatic nitrogens is 4. The molecule has 62 heavy (non-hydrogen) atoms. The Morgan fingerprint density at radius 1 is 0.952 bits per heavy atom. The molecule has 5 aromatic rings. The molecule has 15 nitrogen and oxygen atoms in total. The molecule has 3 aliphatic heterocycles. The molecule has 10 rings (SSSR count). The Morgan fingerprint density at radius 2 is 1.71 bits per heavy atom. The number of ether oxygens (including phenoxy) is 1. The summed E-state index contributed by atoms with van der Waals surface area (Å²) in [6, 6.07) is 10.2. The van der Waals surface area contributed by atoms with Crippen molar-refractivity contribution >= 4 is 63.1 Å². The van der Waals surface area contributed by atoms with Crippen molar-refractivity contribution in [3.63, 3.8) is 0 Å². The monoisotopic (exact) mass is 872 g/mol. The number of benzene rings is 3. The van der Waals surface area contributed by atoms with E-state index in [1.54, 1.807) is 40.0 Å². The van der Waals surface area contributed by atoms with Crippen LogP contribution in [0.4, 0.5) is 35.2 Å². The molecule has 3 saturated heterocycles. The number of hydrogen-bond donors (Lipinski definition) is 3. The molecule has 5 fully saturated rings. The van der Waals surface area contributed by atoms with Gasteiger partial charge in [-0.05, 0) is 107 Å². The molecule has 5 heterocycles. The molecule has 0 bridgehead atoms. The number of carbonyl (C=O) groups excluding carboxylic acids is 2. The lowest BCUT2D eigenvalue weighted by Crippen LogP contribution is -2.67. The molecule has 2 aromatic heterocycles. The van der Waals surface area contributed by atoms with E-state index in [9.17, 15) is 18.8 Å². The van der Waals surface area contributed by atoms with Gasteiger partial charge in [0.2, 0.25) is 11.7 Å². The van der Waals surface area contributed by atoms with Crippen LogP contribution in [0.15, 0.2) is 53.6 Å². The first kappa shape index (κ1) is 40.7. The smallest absolute Gasteiger partial charge is 0.329 e. The number of likely N-dealkylation sites (N-methyl/N-ethyl adjacent to an activating group) is 1. The van der Waals surface area contributed by atoms with Crippen LogP contribution in [0.1, 0.15) is 51.0 Å². The third-order valence-electron chi connectivity index (χ3n) is 13.8. The van der Waals surface area contributed by atoms with Crippen LogP contribution in [0.25, 0.3) is 21.8 Å². The number of anilines is 3. The highest BCUT2D eigenvalue weighted by Crippen LogP contribution is 2.57. The number of nitrogens with zero attached hydrogens (tertiary/aromatic N) is 8. The number of aliphatic hydroxyl groups is 1. The van der Waals surface area contributed by atoms with E-state index in [1.807, 2.05) is 6.07 Å². The summed E-state index contributed by atoms with van der Waals surface area (Å²) in [6.07, 6.45) is 7.80. The lowest BCUT2D eigenvalue weighted by atomic mass is 9.57. The van der Waals surface area contributed by atoms with Crippen molar-refractivity contribution in [2.45, 2.75) is 57.0 Å². The molecule has 3 aromatic carbocycles. The summed E-state index contributed by atoms with van der Waals surface area (Å²) in [7, 11) is 3.48. The normalized spacial score (nSPS) is 21.1. The van der Waals surface area contributed by atoms with Gasteiger partial charge in [-0.15, -0.1) is 0 Å². The average Bonchev–Trinajstić information content (AvgIpc) is 3.52. The number of hydrogen-bond acceptors (Lipinski definition) is 12. The molecule has 0 atom stereocenters. The van der Waals surface area contributed by atoms with Crippen molar-refractivity contribution in [2.75, 3.05) is 67.4 Å². The second-order valence-corrected chi connectivity index (χ2v) is 18.8. The van der Waals surface area contributed by atoms with Crippen LogP contribution in [0, 0.1) is 28.3 Å². The fraction of sp³-hybridized carbons (Fsp3) is 0.465. The molecule has 326 valence electrons. The zero-order chi connectivity index (χ0) is 43.1. The van der Waals surface area contributed by atoms with Crippen LogP contribution >= 0.6 is 12.1 Å².